The number of carbonyl (C=O) groups is 2. The maximum Gasteiger partial charge on any atom is 0.263 e. The minimum atomic E-state index is -0.306. The largest absolute Gasteiger partial charge is 0.494 e. The molecule has 4 rings (SSSR count). The first-order chi connectivity index (χ1) is 16.6. The molecular weight excluding hydrogens is 452 g/mol. The summed E-state index contributed by atoms with van der Waals surface area (Å²) in [7, 11) is 0. The number of anilines is 1. The van der Waals surface area contributed by atoms with E-state index in [0.717, 1.165) is 34.9 Å². The Morgan fingerprint density at radius 1 is 1.00 bits per heavy atom. The average Bonchev–Trinajstić information content (AvgIpc) is 3.42. The second-order valence-electron chi connectivity index (χ2n) is 7.75. The Bertz CT molecular complexity index is 1120. The van der Waals surface area contributed by atoms with E-state index in [1.54, 1.807) is 40.7 Å². The van der Waals surface area contributed by atoms with E-state index >= 15 is 0 Å². The SMILES string of the molecule is CCOc1ccc(OCC(=O)Nc2c3c(nn2CC(=O)NCCc2ccccc2)CSC3)cc1. The number of hydrogen-bond donors (Lipinski definition) is 2. The average molecular weight is 481 g/mol. The Hall–Kier alpha value is -3.46. The Balaban J connectivity index is 1.32. The van der Waals surface area contributed by atoms with Gasteiger partial charge in [-0.25, -0.2) is 4.68 Å². The predicted octanol–water partition coefficient (Wildman–Crippen LogP) is 3.41. The van der Waals surface area contributed by atoms with Crippen molar-refractivity contribution in [1.82, 2.24) is 15.1 Å². The molecule has 34 heavy (non-hydrogen) atoms. The van der Waals surface area contributed by atoms with Crippen LogP contribution in [0.3, 0.4) is 0 Å². The van der Waals surface area contributed by atoms with Crippen molar-refractivity contribution < 1.29 is 19.1 Å². The normalized spacial score (nSPS) is 12.1. The highest BCUT2D eigenvalue weighted by Crippen LogP contribution is 2.34. The number of fused-ring (bicyclic) bond motifs is 1. The van der Waals surface area contributed by atoms with Gasteiger partial charge >= 0.3 is 0 Å². The molecule has 0 fully saturated rings. The molecule has 0 unspecified atom stereocenters. The number of benzene rings is 2. The number of amides is 2. The molecule has 0 atom stereocenters. The number of nitrogens with zero attached hydrogens (tertiary/aromatic N) is 2. The quantitative estimate of drug-likeness (QED) is 0.437. The summed E-state index contributed by atoms with van der Waals surface area (Å²) < 4.78 is 12.6. The first-order valence-electron chi connectivity index (χ1n) is 11.2. The number of rotatable bonds is 11. The van der Waals surface area contributed by atoms with E-state index in [9.17, 15) is 9.59 Å². The molecule has 1 aliphatic heterocycles. The standard InChI is InChI=1S/C25H28N4O4S/c1-2-32-19-8-10-20(11-9-19)33-15-24(31)27-25-21-16-34-17-22(21)28-29(25)14-23(30)26-13-12-18-6-4-3-5-7-18/h3-11H,2,12-17H2,1H3,(H,26,30)(H,27,31). The molecule has 0 saturated heterocycles. The van der Waals surface area contributed by atoms with Crippen molar-refractivity contribution in [2.75, 3.05) is 25.1 Å². The fourth-order valence-electron chi connectivity index (χ4n) is 3.62. The van der Waals surface area contributed by atoms with Crippen LogP contribution in [-0.2, 0) is 34.1 Å². The molecule has 2 amide bonds. The van der Waals surface area contributed by atoms with Crippen molar-refractivity contribution in [3.8, 4) is 11.5 Å². The van der Waals surface area contributed by atoms with Crippen molar-refractivity contribution in [3.05, 3.63) is 71.4 Å². The number of thioether (sulfide) groups is 1. The number of aromatic nitrogens is 2. The lowest BCUT2D eigenvalue weighted by Gasteiger charge is -2.12. The van der Waals surface area contributed by atoms with Crippen molar-refractivity contribution in [2.45, 2.75) is 31.4 Å². The molecule has 1 aromatic heterocycles. The summed E-state index contributed by atoms with van der Waals surface area (Å²) in [4.78, 5) is 25.1. The van der Waals surface area contributed by atoms with E-state index in [0.29, 0.717) is 24.7 Å². The lowest BCUT2D eigenvalue weighted by molar-refractivity contribution is -0.122. The van der Waals surface area contributed by atoms with Crippen LogP contribution in [0, 0.1) is 0 Å². The zero-order valence-corrected chi connectivity index (χ0v) is 19.9. The van der Waals surface area contributed by atoms with Gasteiger partial charge < -0.3 is 20.1 Å². The zero-order valence-electron chi connectivity index (χ0n) is 19.1. The molecule has 2 aromatic carbocycles. The minimum absolute atomic E-state index is 0.0435. The van der Waals surface area contributed by atoms with Crippen molar-refractivity contribution >= 4 is 29.4 Å². The van der Waals surface area contributed by atoms with Crippen LogP contribution < -0.4 is 20.1 Å². The number of hydrogen-bond acceptors (Lipinski definition) is 6. The van der Waals surface area contributed by atoms with Gasteiger partial charge in [0, 0.05) is 23.6 Å². The Morgan fingerprint density at radius 3 is 2.47 bits per heavy atom. The minimum Gasteiger partial charge on any atom is -0.494 e. The zero-order chi connectivity index (χ0) is 23.8. The molecule has 3 aromatic rings. The topological polar surface area (TPSA) is 94.5 Å². The Morgan fingerprint density at radius 2 is 1.74 bits per heavy atom. The summed E-state index contributed by atoms with van der Waals surface area (Å²) in [5, 5.41) is 10.4. The lowest BCUT2D eigenvalue weighted by atomic mass is 10.1. The number of nitrogens with one attached hydrogen (secondary N) is 2. The van der Waals surface area contributed by atoms with Crippen molar-refractivity contribution in [1.29, 1.82) is 0 Å². The fraction of sp³-hybridized carbons (Fsp3) is 0.320. The molecule has 0 saturated carbocycles. The second kappa shape index (κ2) is 11.6. The van der Waals surface area contributed by atoms with E-state index in [2.05, 4.69) is 15.7 Å². The van der Waals surface area contributed by atoms with Gasteiger partial charge in [0.15, 0.2) is 6.61 Å². The second-order valence-corrected chi connectivity index (χ2v) is 8.74. The molecule has 1 aliphatic rings. The molecule has 0 bridgehead atoms. The van der Waals surface area contributed by atoms with Gasteiger partial charge in [0.2, 0.25) is 5.91 Å². The van der Waals surface area contributed by atoms with Gasteiger partial charge in [-0.15, -0.1) is 0 Å². The molecule has 2 N–H and O–H groups in total. The lowest BCUT2D eigenvalue weighted by Crippen LogP contribution is -2.31. The van der Waals surface area contributed by atoms with Gasteiger partial charge in [-0.3, -0.25) is 9.59 Å². The highest BCUT2D eigenvalue weighted by Gasteiger charge is 2.25. The van der Waals surface area contributed by atoms with Gasteiger partial charge in [-0.2, -0.15) is 16.9 Å². The van der Waals surface area contributed by atoms with E-state index < -0.39 is 0 Å². The maximum atomic E-state index is 12.6. The summed E-state index contributed by atoms with van der Waals surface area (Å²) in [5.74, 6) is 2.96. The summed E-state index contributed by atoms with van der Waals surface area (Å²) in [6, 6.07) is 17.1. The predicted molar refractivity (Wildman–Crippen MR) is 132 cm³/mol. The monoisotopic (exact) mass is 480 g/mol. The highest BCUT2D eigenvalue weighted by molar-refractivity contribution is 7.98. The molecular formula is C25H28N4O4S. The Labute approximate surface area is 203 Å². The molecule has 8 nitrogen and oxygen atoms in total. The van der Waals surface area contributed by atoms with Crippen LogP contribution in [0.2, 0.25) is 0 Å². The first kappa shape index (κ1) is 23.7. The highest BCUT2D eigenvalue weighted by atomic mass is 32.2. The van der Waals surface area contributed by atoms with Gasteiger partial charge in [0.1, 0.15) is 23.9 Å². The summed E-state index contributed by atoms with van der Waals surface area (Å²) in [6.07, 6.45) is 0.755. The van der Waals surface area contributed by atoms with Crippen molar-refractivity contribution in [3.63, 3.8) is 0 Å². The molecule has 0 aliphatic carbocycles. The van der Waals surface area contributed by atoms with Gasteiger partial charge in [-0.1, -0.05) is 30.3 Å². The molecule has 2 heterocycles. The van der Waals surface area contributed by atoms with Crippen molar-refractivity contribution in [2.24, 2.45) is 0 Å². The van der Waals surface area contributed by atoms with Crippen LogP contribution in [0.25, 0.3) is 0 Å². The van der Waals surface area contributed by atoms with Crippen LogP contribution in [-0.4, -0.2) is 41.4 Å². The first-order valence-corrected chi connectivity index (χ1v) is 12.4. The van der Waals surface area contributed by atoms with E-state index in [1.807, 2.05) is 37.3 Å². The molecule has 178 valence electrons. The maximum absolute atomic E-state index is 12.6. The third kappa shape index (κ3) is 6.32. The van der Waals surface area contributed by atoms with Crippen LogP contribution in [0.4, 0.5) is 5.82 Å². The molecule has 0 spiro atoms. The smallest absolute Gasteiger partial charge is 0.263 e. The molecule has 9 heteroatoms. The van der Waals surface area contributed by atoms with Crippen LogP contribution in [0.1, 0.15) is 23.7 Å². The summed E-state index contributed by atoms with van der Waals surface area (Å²) in [6.45, 7) is 2.94. The number of ether oxygens (including phenoxy) is 2. The third-order valence-corrected chi connectivity index (χ3v) is 6.22. The van der Waals surface area contributed by atoms with Gasteiger partial charge in [-0.05, 0) is 43.2 Å². The summed E-state index contributed by atoms with van der Waals surface area (Å²) >= 11 is 1.73. The fourth-order valence-corrected chi connectivity index (χ4v) is 4.65. The van der Waals surface area contributed by atoms with Gasteiger partial charge in [0.25, 0.3) is 5.91 Å². The van der Waals surface area contributed by atoms with Gasteiger partial charge in [0.05, 0.1) is 12.3 Å². The van der Waals surface area contributed by atoms with Crippen LogP contribution >= 0.6 is 11.8 Å². The van der Waals surface area contributed by atoms with Crippen LogP contribution in [0.15, 0.2) is 54.6 Å². The third-order valence-electron chi connectivity index (χ3n) is 5.25. The van der Waals surface area contributed by atoms with E-state index in [-0.39, 0.29) is 25.0 Å². The molecule has 0 radical (unpaired) electrons. The van der Waals surface area contributed by atoms with E-state index in [1.165, 1.54) is 5.56 Å². The van der Waals surface area contributed by atoms with Crippen LogP contribution in [0.5, 0.6) is 11.5 Å². The summed E-state index contributed by atoms with van der Waals surface area (Å²) in [5.41, 5.74) is 3.04. The Kier molecular flexibility index (Phi) is 8.08. The van der Waals surface area contributed by atoms with E-state index in [4.69, 9.17) is 9.47 Å². The number of carbonyl (C=O) groups excluding carboxylic acids is 2.